The van der Waals surface area contributed by atoms with Gasteiger partial charge in [-0.05, 0) is 5.41 Å². The smallest absolute Gasteiger partial charge is 0.249 e. The lowest BCUT2D eigenvalue weighted by molar-refractivity contribution is -0.126. The molecular formula is C8H15NO2. The van der Waals surface area contributed by atoms with Gasteiger partial charge >= 0.3 is 0 Å². The van der Waals surface area contributed by atoms with Crippen LogP contribution >= 0.6 is 0 Å². The third-order valence-corrected chi connectivity index (χ3v) is 2.12. The zero-order chi connectivity index (χ0) is 8.65. The highest BCUT2D eigenvalue weighted by Crippen LogP contribution is 2.26. The van der Waals surface area contributed by atoms with Crippen molar-refractivity contribution in [1.29, 1.82) is 0 Å². The van der Waals surface area contributed by atoms with E-state index in [0.717, 1.165) is 0 Å². The Morgan fingerprint density at radius 3 is 2.27 bits per heavy atom. The molecule has 3 heteroatoms. The molecule has 1 saturated heterocycles. The number of aliphatic hydroxyl groups excluding tert-OH is 1. The van der Waals surface area contributed by atoms with Crippen LogP contribution in [0.4, 0.5) is 0 Å². The molecule has 2 atom stereocenters. The highest BCUT2D eigenvalue weighted by molar-refractivity contribution is 5.83. The van der Waals surface area contributed by atoms with Crippen molar-refractivity contribution in [3.05, 3.63) is 0 Å². The number of carbonyl (C=O) groups excluding carboxylic acids is 1. The van der Waals surface area contributed by atoms with E-state index >= 15 is 0 Å². The molecule has 1 fully saturated rings. The summed E-state index contributed by atoms with van der Waals surface area (Å²) in [7, 11) is 0. The Kier molecular flexibility index (Phi) is 1.92. The molecular weight excluding hydrogens is 142 g/mol. The van der Waals surface area contributed by atoms with Gasteiger partial charge in [0.2, 0.25) is 5.91 Å². The Morgan fingerprint density at radius 2 is 2.09 bits per heavy atom. The average molecular weight is 157 g/mol. The quantitative estimate of drug-likeness (QED) is 0.530. The SMILES string of the molecule is CC(C)(C)C1CC(O)C(=O)N1. The van der Waals surface area contributed by atoms with E-state index in [4.69, 9.17) is 5.11 Å². The second-order valence-electron chi connectivity index (χ2n) is 4.18. The molecule has 1 aliphatic rings. The van der Waals surface area contributed by atoms with E-state index in [9.17, 15) is 4.79 Å². The maximum atomic E-state index is 10.9. The minimum absolute atomic E-state index is 0.0488. The Hall–Kier alpha value is -0.570. The van der Waals surface area contributed by atoms with Gasteiger partial charge in [0.15, 0.2) is 0 Å². The monoisotopic (exact) mass is 157 g/mol. The van der Waals surface area contributed by atoms with Gasteiger partial charge in [-0.15, -0.1) is 0 Å². The van der Waals surface area contributed by atoms with Crippen molar-refractivity contribution in [3.8, 4) is 0 Å². The summed E-state index contributed by atoms with van der Waals surface area (Å²) < 4.78 is 0. The number of hydrogen-bond donors (Lipinski definition) is 2. The van der Waals surface area contributed by atoms with Crippen LogP contribution in [0.5, 0.6) is 0 Å². The topological polar surface area (TPSA) is 49.3 Å². The maximum absolute atomic E-state index is 10.9. The van der Waals surface area contributed by atoms with E-state index in [1.54, 1.807) is 0 Å². The van der Waals surface area contributed by atoms with Gasteiger partial charge in [-0.2, -0.15) is 0 Å². The average Bonchev–Trinajstić information content (AvgIpc) is 2.11. The minimum Gasteiger partial charge on any atom is -0.383 e. The molecule has 1 heterocycles. The van der Waals surface area contributed by atoms with Crippen LogP contribution in [0.1, 0.15) is 27.2 Å². The second-order valence-corrected chi connectivity index (χ2v) is 4.18. The molecule has 0 aromatic carbocycles. The summed E-state index contributed by atoms with van der Waals surface area (Å²) in [6.45, 7) is 6.15. The predicted octanol–water partition coefficient (Wildman–Crippen LogP) is 0.282. The van der Waals surface area contributed by atoms with Gasteiger partial charge < -0.3 is 10.4 Å². The van der Waals surface area contributed by atoms with E-state index in [1.807, 2.05) is 0 Å². The Balaban J connectivity index is 2.61. The molecule has 3 nitrogen and oxygen atoms in total. The number of aliphatic hydroxyl groups is 1. The third kappa shape index (κ3) is 1.71. The van der Waals surface area contributed by atoms with Crippen LogP contribution < -0.4 is 5.32 Å². The van der Waals surface area contributed by atoms with Crippen molar-refractivity contribution in [2.75, 3.05) is 0 Å². The Morgan fingerprint density at radius 1 is 1.55 bits per heavy atom. The molecule has 0 bridgehead atoms. The first-order chi connectivity index (χ1) is 4.91. The summed E-state index contributed by atoms with van der Waals surface area (Å²) in [5.74, 6) is -0.232. The van der Waals surface area contributed by atoms with Crippen LogP contribution in [0.15, 0.2) is 0 Å². The van der Waals surface area contributed by atoms with Crippen molar-refractivity contribution < 1.29 is 9.90 Å². The lowest BCUT2D eigenvalue weighted by Gasteiger charge is -2.26. The Bertz CT molecular complexity index is 171. The van der Waals surface area contributed by atoms with Crippen molar-refractivity contribution in [3.63, 3.8) is 0 Å². The first-order valence-electron chi connectivity index (χ1n) is 3.89. The number of hydrogen-bond acceptors (Lipinski definition) is 2. The number of nitrogens with one attached hydrogen (secondary N) is 1. The van der Waals surface area contributed by atoms with Crippen molar-refractivity contribution in [1.82, 2.24) is 5.32 Å². The van der Waals surface area contributed by atoms with E-state index in [1.165, 1.54) is 0 Å². The van der Waals surface area contributed by atoms with Gasteiger partial charge in [0.1, 0.15) is 6.10 Å². The summed E-state index contributed by atoms with van der Waals surface area (Å²) in [4.78, 5) is 10.9. The van der Waals surface area contributed by atoms with Gasteiger partial charge in [-0.1, -0.05) is 20.8 Å². The molecule has 1 aliphatic heterocycles. The van der Waals surface area contributed by atoms with Gasteiger partial charge in [0.05, 0.1) is 0 Å². The summed E-state index contributed by atoms with van der Waals surface area (Å²) in [5, 5.41) is 11.9. The van der Waals surface area contributed by atoms with Crippen LogP contribution in [0.25, 0.3) is 0 Å². The van der Waals surface area contributed by atoms with Gasteiger partial charge in [0, 0.05) is 12.5 Å². The first-order valence-corrected chi connectivity index (χ1v) is 3.89. The number of rotatable bonds is 0. The largest absolute Gasteiger partial charge is 0.383 e. The Labute approximate surface area is 66.8 Å². The number of carbonyl (C=O) groups is 1. The molecule has 0 saturated carbocycles. The van der Waals surface area contributed by atoms with E-state index in [2.05, 4.69) is 26.1 Å². The standard InChI is InChI=1S/C8H15NO2/c1-8(2,3)6-4-5(10)7(11)9-6/h5-6,10H,4H2,1-3H3,(H,9,11). The normalized spacial score (nSPS) is 32.2. The predicted molar refractivity (Wildman–Crippen MR) is 42.0 cm³/mol. The van der Waals surface area contributed by atoms with Crippen LogP contribution in [-0.2, 0) is 4.79 Å². The molecule has 11 heavy (non-hydrogen) atoms. The highest BCUT2D eigenvalue weighted by Gasteiger charge is 2.36. The molecule has 0 spiro atoms. The van der Waals surface area contributed by atoms with Crippen LogP contribution in [0.2, 0.25) is 0 Å². The number of amides is 1. The first kappa shape index (κ1) is 8.53. The lowest BCUT2D eigenvalue weighted by atomic mass is 9.86. The van der Waals surface area contributed by atoms with Gasteiger partial charge in [-0.3, -0.25) is 4.79 Å². The third-order valence-electron chi connectivity index (χ3n) is 2.12. The van der Waals surface area contributed by atoms with Crippen molar-refractivity contribution in [2.24, 2.45) is 5.41 Å². The van der Waals surface area contributed by atoms with Crippen LogP contribution in [-0.4, -0.2) is 23.2 Å². The van der Waals surface area contributed by atoms with E-state index in [0.29, 0.717) is 6.42 Å². The summed E-state index contributed by atoms with van der Waals surface area (Å²) in [6.07, 6.45) is -0.248. The summed E-state index contributed by atoms with van der Waals surface area (Å²) in [5.41, 5.74) is 0.0488. The molecule has 2 N–H and O–H groups in total. The fourth-order valence-electron chi connectivity index (χ4n) is 1.23. The van der Waals surface area contributed by atoms with Gasteiger partial charge in [0.25, 0.3) is 0 Å². The minimum atomic E-state index is -0.792. The van der Waals surface area contributed by atoms with Gasteiger partial charge in [-0.25, -0.2) is 0 Å². The maximum Gasteiger partial charge on any atom is 0.249 e. The summed E-state index contributed by atoms with van der Waals surface area (Å²) >= 11 is 0. The van der Waals surface area contributed by atoms with E-state index < -0.39 is 6.10 Å². The molecule has 0 radical (unpaired) electrons. The molecule has 64 valence electrons. The highest BCUT2D eigenvalue weighted by atomic mass is 16.3. The van der Waals surface area contributed by atoms with Crippen LogP contribution in [0, 0.1) is 5.41 Å². The zero-order valence-corrected chi connectivity index (χ0v) is 7.22. The second kappa shape index (κ2) is 2.48. The van der Waals surface area contributed by atoms with Crippen LogP contribution in [0.3, 0.4) is 0 Å². The molecule has 0 aromatic rings. The zero-order valence-electron chi connectivity index (χ0n) is 7.22. The molecule has 0 aromatic heterocycles. The molecule has 0 aliphatic carbocycles. The lowest BCUT2D eigenvalue weighted by Crippen LogP contribution is -2.36. The molecule has 2 unspecified atom stereocenters. The molecule has 1 rings (SSSR count). The summed E-state index contributed by atoms with van der Waals surface area (Å²) in [6, 6.07) is 0.116. The van der Waals surface area contributed by atoms with Crippen molar-refractivity contribution >= 4 is 5.91 Å². The van der Waals surface area contributed by atoms with Crippen molar-refractivity contribution in [2.45, 2.75) is 39.3 Å². The fraction of sp³-hybridized carbons (Fsp3) is 0.875. The molecule has 1 amide bonds. The van der Waals surface area contributed by atoms with E-state index in [-0.39, 0.29) is 17.4 Å². The fourth-order valence-corrected chi connectivity index (χ4v) is 1.23.